The number of rotatable bonds is 6. The predicted octanol–water partition coefficient (Wildman–Crippen LogP) is 4.67. The first kappa shape index (κ1) is 15.4. The lowest BCUT2D eigenvalue weighted by Crippen LogP contribution is -2.21. The van der Waals surface area contributed by atoms with Gasteiger partial charge in [0, 0.05) is 9.75 Å². The third-order valence-electron chi connectivity index (χ3n) is 3.23. The molecule has 1 N–H and O–H groups in total. The average molecular weight is 310 g/mol. The van der Waals surface area contributed by atoms with E-state index >= 15 is 0 Å². The van der Waals surface area contributed by atoms with E-state index in [-0.39, 0.29) is 6.04 Å². The van der Waals surface area contributed by atoms with Gasteiger partial charge in [0.15, 0.2) is 0 Å². The topological polar surface area (TPSA) is 21.3 Å². The zero-order valence-electron chi connectivity index (χ0n) is 12.1. The van der Waals surface area contributed by atoms with Gasteiger partial charge in [-0.25, -0.2) is 0 Å². The van der Waals surface area contributed by atoms with Crippen LogP contribution in [0.1, 0.15) is 35.2 Å². The molecular weight excluding hydrogens is 290 g/mol. The van der Waals surface area contributed by atoms with Crippen molar-refractivity contribution in [1.29, 1.82) is 0 Å². The standard InChI is InChI=1S/C16H20ClNOS/c1-4-12-7-9-15(20-12)16(18-5-2)11-6-8-14(19-3)13(17)10-11/h6-10,16,18H,4-5H2,1-3H3. The van der Waals surface area contributed by atoms with Crippen LogP contribution in [-0.4, -0.2) is 13.7 Å². The Hall–Kier alpha value is -1.03. The molecule has 20 heavy (non-hydrogen) atoms. The van der Waals surface area contributed by atoms with Crippen LogP contribution in [0, 0.1) is 0 Å². The monoisotopic (exact) mass is 309 g/mol. The molecule has 0 aliphatic rings. The second-order valence-electron chi connectivity index (χ2n) is 4.54. The van der Waals surface area contributed by atoms with E-state index in [0.29, 0.717) is 10.8 Å². The van der Waals surface area contributed by atoms with Crippen LogP contribution in [0.5, 0.6) is 5.75 Å². The van der Waals surface area contributed by atoms with E-state index in [1.165, 1.54) is 15.3 Å². The smallest absolute Gasteiger partial charge is 0.137 e. The molecule has 0 saturated heterocycles. The van der Waals surface area contributed by atoms with Gasteiger partial charge in [-0.15, -0.1) is 11.3 Å². The molecule has 0 aliphatic heterocycles. The van der Waals surface area contributed by atoms with Crippen LogP contribution in [-0.2, 0) is 6.42 Å². The van der Waals surface area contributed by atoms with Gasteiger partial charge in [-0.2, -0.15) is 0 Å². The number of hydrogen-bond donors (Lipinski definition) is 1. The van der Waals surface area contributed by atoms with Crippen molar-refractivity contribution in [1.82, 2.24) is 5.32 Å². The van der Waals surface area contributed by atoms with Gasteiger partial charge in [-0.3, -0.25) is 0 Å². The summed E-state index contributed by atoms with van der Waals surface area (Å²) in [7, 11) is 1.63. The number of thiophene rings is 1. The van der Waals surface area contributed by atoms with E-state index < -0.39 is 0 Å². The first-order chi connectivity index (χ1) is 9.69. The highest BCUT2D eigenvalue weighted by atomic mass is 35.5. The van der Waals surface area contributed by atoms with Crippen LogP contribution in [0.4, 0.5) is 0 Å². The van der Waals surface area contributed by atoms with E-state index in [1.807, 2.05) is 23.5 Å². The van der Waals surface area contributed by atoms with Gasteiger partial charge in [0.25, 0.3) is 0 Å². The van der Waals surface area contributed by atoms with Crippen LogP contribution in [0.15, 0.2) is 30.3 Å². The summed E-state index contributed by atoms with van der Waals surface area (Å²) in [5, 5.41) is 4.18. The Morgan fingerprint density at radius 1 is 1.25 bits per heavy atom. The molecule has 0 fully saturated rings. The van der Waals surface area contributed by atoms with Crippen molar-refractivity contribution < 1.29 is 4.74 Å². The molecule has 1 heterocycles. The summed E-state index contributed by atoms with van der Waals surface area (Å²) in [6, 6.07) is 10.6. The number of methoxy groups -OCH3 is 1. The van der Waals surface area contributed by atoms with Crippen molar-refractivity contribution in [3.8, 4) is 5.75 Å². The van der Waals surface area contributed by atoms with E-state index in [1.54, 1.807) is 7.11 Å². The maximum absolute atomic E-state index is 6.24. The minimum Gasteiger partial charge on any atom is -0.495 e. The molecule has 1 aromatic carbocycles. The molecule has 0 radical (unpaired) electrons. The summed E-state index contributed by atoms with van der Waals surface area (Å²) in [4.78, 5) is 2.73. The minimum atomic E-state index is 0.189. The summed E-state index contributed by atoms with van der Waals surface area (Å²) < 4.78 is 5.22. The van der Waals surface area contributed by atoms with Gasteiger partial charge in [0.2, 0.25) is 0 Å². The Morgan fingerprint density at radius 2 is 2.05 bits per heavy atom. The zero-order chi connectivity index (χ0) is 14.5. The fraction of sp³-hybridized carbons (Fsp3) is 0.375. The van der Waals surface area contributed by atoms with Crippen LogP contribution in [0.2, 0.25) is 5.02 Å². The van der Waals surface area contributed by atoms with Crippen molar-refractivity contribution in [2.45, 2.75) is 26.3 Å². The van der Waals surface area contributed by atoms with Crippen molar-refractivity contribution in [2.24, 2.45) is 0 Å². The summed E-state index contributed by atoms with van der Waals surface area (Å²) in [6.07, 6.45) is 1.08. The first-order valence-corrected chi connectivity index (χ1v) is 8.04. The maximum Gasteiger partial charge on any atom is 0.137 e. The number of ether oxygens (including phenoxy) is 1. The van der Waals surface area contributed by atoms with E-state index in [0.717, 1.165) is 13.0 Å². The molecule has 0 bridgehead atoms. The molecule has 1 aromatic heterocycles. The van der Waals surface area contributed by atoms with E-state index in [4.69, 9.17) is 16.3 Å². The Labute approximate surface area is 129 Å². The van der Waals surface area contributed by atoms with Crippen LogP contribution in [0.3, 0.4) is 0 Å². The molecule has 0 aliphatic carbocycles. The molecule has 0 amide bonds. The van der Waals surface area contributed by atoms with Gasteiger partial charge in [0.1, 0.15) is 5.75 Å². The Morgan fingerprint density at radius 3 is 2.60 bits per heavy atom. The van der Waals surface area contributed by atoms with E-state index in [2.05, 4.69) is 37.4 Å². The number of benzene rings is 1. The first-order valence-electron chi connectivity index (χ1n) is 6.85. The minimum absolute atomic E-state index is 0.189. The molecule has 2 nitrogen and oxygen atoms in total. The number of halogens is 1. The second-order valence-corrected chi connectivity index (χ2v) is 6.15. The molecule has 1 atom stereocenters. The Bertz CT molecular complexity index is 567. The highest BCUT2D eigenvalue weighted by molar-refractivity contribution is 7.12. The van der Waals surface area contributed by atoms with Gasteiger partial charge in [-0.1, -0.05) is 31.5 Å². The van der Waals surface area contributed by atoms with Crippen molar-refractivity contribution >= 4 is 22.9 Å². The fourth-order valence-corrected chi connectivity index (χ4v) is 3.51. The third kappa shape index (κ3) is 3.35. The van der Waals surface area contributed by atoms with E-state index in [9.17, 15) is 0 Å². The van der Waals surface area contributed by atoms with Crippen LogP contribution < -0.4 is 10.1 Å². The molecule has 108 valence electrons. The molecule has 1 unspecified atom stereocenters. The lowest BCUT2D eigenvalue weighted by molar-refractivity contribution is 0.414. The number of hydrogen-bond acceptors (Lipinski definition) is 3. The van der Waals surface area contributed by atoms with Gasteiger partial charge in [-0.05, 0) is 42.8 Å². The molecule has 4 heteroatoms. The SMILES string of the molecule is CCNC(c1ccc(OC)c(Cl)c1)c1ccc(CC)s1. The number of nitrogens with one attached hydrogen (secondary N) is 1. The molecule has 2 aromatic rings. The van der Waals surface area contributed by atoms with Crippen molar-refractivity contribution in [2.75, 3.05) is 13.7 Å². The fourth-order valence-electron chi connectivity index (χ4n) is 2.19. The van der Waals surface area contributed by atoms with Gasteiger partial charge >= 0.3 is 0 Å². The summed E-state index contributed by atoms with van der Waals surface area (Å²) >= 11 is 8.10. The average Bonchev–Trinajstić information content (AvgIpc) is 2.93. The lowest BCUT2D eigenvalue weighted by Gasteiger charge is -2.18. The quantitative estimate of drug-likeness (QED) is 0.837. The molecular formula is C16H20ClNOS. The van der Waals surface area contributed by atoms with Crippen LogP contribution >= 0.6 is 22.9 Å². The number of aryl methyl sites for hydroxylation is 1. The van der Waals surface area contributed by atoms with Gasteiger partial charge in [0.05, 0.1) is 18.2 Å². The normalized spacial score (nSPS) is 12.4. The second kappa shape index (κ2) is 7.11. The maximum atomic E-state index is 6.24. The molecule has 2 rings (SSSR count). The summed E-state index contributed by atoms with van der Waals surface area (Å²) in [5.74, 6) is 0.714. The molecule has 0 spiro atoms. The Kier molecular flexibility index (Phi) is 5.46. The zero-order valence-corrected chi connectivity index (χ0v) is 13.6. The largest absolute Gasteiger partial charge is 0.495 e. The van der Waals surface area contributed by atoms with Gasteiger partial charge < -0.3 is 10.1 Å². The summed E-state index contributed by atoms with van der Waals surface area (Å²) in [5.41, 5.74) is 1.17. The highest BCUT2D eigenvalue weighted by Gasteiger charge is 2.16. The Balaban J connectivity index is 2.34. The van der Waals surface area contributed by atoms with Crippen molar-refractivity contribution in [3.63, 3.8) is 0 Å². The third-order valence-corrected chi connectivity index (χ3v) is 4.82. The van der Waals surface area contributed by atoms with Crippen molar-refractivity contribution in [3.05, 3.63) is 50.7 Å². The lowest BCUT2D eigenvalue weighted by atomic mass is 10.1. The summed E-state index contributed by atoms with van der Waals surface area (Å²) in [6.45, 7) is 5.21. The highest BCUT2D eigenvalue weighted by Crippen LogP contribution is 2.33. The van der Waals surface area contributed by atoms with Crippen LogP contribution in [0.25, 0.3) is 0 Å². The molecule has 0 saturated carbocycles. The predicted molar refractivity (Wildman–Crippen MR) is 87.2 cm³/mol.